The Hall–Kier alpha value is -2.84. The molecule has 1 aromatic heterocycles. The summed E-state index contributed by atoms with van der Waals surface area (Å²) in [6.07, 6.45) is -3.89. The van der Waals surface area contributed by atoms with Crippen LogP contribution in [0, 0.1) is 0 Å². The van der Waals surface area contributed by atoms with E-state index >= 15 is 0 Å². The molecule has 9 heteroatoms. The molecule has 0 bridgehead atoms. The summed E-state index contributed by atoms with van der Waals surface area (Å²) >= 11 is 0. The topological polar surface area (TPSA) is 77.2 Å². The summed E-state index contributed by atoms with van der Waals surface area (Å²) in [7, 11) is 0. The zero-order valence-electron chi connectivity index (χ0n) is 11.1. The van der Waals surface area contributed by atoms with Crippen LogP contribution >= 0.6 is 0 Å². The van der Waals surface area contributed by atoms with E-state index in [2.05, 4.69) is 26.6 Å². The molecule has 0 aliphatic carbocycles. The maximum Gasteiger partial charge on any atom is 0.471 e. The minimum Gasteiger partial charge on any atom is -0.410 e. The monoisotopic (exact) mass is 313 g/mol. The van der Waals surface area contributed by atoms with E-state index in [9.17, 15) is 18.0 Å². The Labute approximate surface area is 122 Å². The summed E-state index contributed by atoms with van der Waals surface area (Å²) in [4.78, 5) is 14.5. The molecule has 116 valence electrons. The van der Waals surface area contributed by atoms with Crippen molar-refractivity contribution in [3.05, 3.63) is 42.8 Å². The SMILES string of the molecule is C=CCNC(=O)Oc1ccc(-c2noc(C(F)(F)F)n2)cc1. The Morgan fingerprint density at radius 3 is 2.59 bits per heavy atom. The molecular formula is C13H10F3N3O3. The molecule has 6 nitrogen and oxygen atoms in total. The summed E-state index contributed by atoms with van der Waals surface area (Å²) < 4.78 is 46.1. The van der Waals surface area contributed by atoms with Gasteiger partial charge in [0.2, 0.25) is 5.82 Å². The zero-order chi connectivity index (χ0) is 16.2. The standard InChI is InChI=1S/C13H10F3N3O3/c1-2-7-17-12(20)21-9-5-3-8(4-6-9)10-18-11(22-19-10)13(14,15)16/h2-6H,1,7H2,(H,17,20). The molecule has 22 heavy (non-hydrogen) atoms. The van der Waals surface area contributed by atoms with Gasteiger partial charge in [-0.3, -0.25) is 0 Å². The van der Waals surface area contributed by atoms with E-state index in [1.165, 1.54) is 30.3 Å². The highest BCUT2D eigenvalue weighted by molar-refractivity contribution is 5.70. The number of hydrogen-bond acceptors (Lipinski definition) is 5. The van der Waals surface area contributed by atoms with Crippen LogP contribution in [0.4, 0.5) is 18.0 Å². The Morgan fingerprint density at radius 2 is 2.05 bits per heavy atom. The second-order valence-corrected chi connectivity index (χ2v) is 4.00. The molecule has 0 aliphatic rings. The number of carbonyl (C=O) groups excluding carboxylic acids is 1. The van der Waals surface area contributed by atoms with E-state index in [4.69, 9.17) is 4.74 Å². The fraction of sp³-hybridized carbons (Fsp3) is 0.154. The van der Waals surface area contributed by atoms with Gasteiger partial charge in [0.1, 0.15) is 5.75 Å². The second-order valence-electron chi connectivity index (χ2n) is 4.00. The van der Waals surface area contributed by atoms with E-state index in [1.807, 2.05) is 0 Å². The van der Waals surface area contributed by atoms with Crippen LogP contribution in [0.5, 0.6) is 5.75 Å². The number of aromatic nitrogens is 2. The highest BCUT2D eigenvalue weighted by Crippen LogP contribution is 2.29. The van der Waals surface area contributed by atoms with Crippen LogP contribution in [0.3, 0.4) is 0 Å². The van der Waals surface area contributed by atoms with Crippen LogP contribution in [-0.2, 0) is 6.18 Å². The van der Waals surface area contributed by atoms with Crippen molar-refractivity contribution in [2.45, 2.75) is 6.18 Å². The third kappa shape index (κ3) is 3.84. The predicted molar refractivity (Wildman–Crippen MR) is 69.0 cm³/mol. The molecule has 1 heterocycles. The molecule has 2 rings (SSSR count). The van der Waals surface area contributed by atoms with Crippen LogP contribution in [0.25, 0.3) is 11.4 Å². The van der Waals surface area contributed by atoms with Gasteiger partial charge in [-0.2, -0.15) is 18.2 Å². The maximum atomic E-state index is 12.4. The highest BCUT2D eigenvalue weighted by Gasteiger charge is 2.38. The zero-order valence-corrected chi connectivity index (χ0v) is 11.1. The van der Waals surface area contributed by atoms with Gasteiger partial charge >= 0.3 is 18.2 Å². The van der Waals surface area contributed by atoms with Gasteiger partial charge in [0, 0.05) is 12.1 Å². The first-order valence-corrected chi connectivity index (χ1v) is 5.98. The van der Waals surface area contributed by atoms with E-state index < -0.39 is 18.2 Å². The van der Waals surface area contributed by atoms with Crippen LogP contribution in [-0.4, -0.2) is 22.8 Å². The first-order valence-electron chi connectivity index (χ1n) is 5.98. The number of carbonyl (C=O) groups is 1. The van der Waals surface area contributed by atoms with Crippen molar-refractivity contribution in [3.63, 3.8) is 0 Å². The van der Waals surface area contributed by atoms with E-state index in [1.54, 1.807) is 0 Å². The molecule has 0 atom stereocenters. The fourth-order valence-corrected chi connectivity index (χ4v) is 1.43. The Balaban J connectivity index is 2.07. The van der Waals surface area contributed by atoms with Crippen molar-refractivity contribution >= 4 is 6.09 Å². The second kappa shape index (κ2) is 6.29. The Kier molecular flexibility index (Phi) is 4.44. The van der Waals surface area contributed by atoms with Gasteiger partial charge < -0.3 is 14.6 Å². The van der Waals surface area contributed by atoms with Gasteiger partial charge in [0.15, 0.2) is 0 Å². The summed E-state index contributed by atoms with van der Waals surface area (Å²) in [5.74, 6) is -1.42. The van der Waals surface area contributed by atoms with Gasteiger partial charge in [0.25, 0.3) is 0 Å². The average molecular weight is 313 g/mol. The van der Waals surface area contributed by atoms with Gasteiger partial charge in [-0.15, -0.1) is 6.58 Å². The molecule has 0 radical (unpaired) electrons. The molecule has 1 aromatic carbocycles. The Morgan fingerprint density at radius 1 is 1.36 bits per heavy atom. The molecular weight excluding hydrogens is 303 g/mol. The molecule has 1 N–H and O–H groups in total. The fourth-order valence-electron chi connectivity index (χ4n) is 1.43. The molecule has 0 aliphatic heterocycles. The summed E-state index contributed by atoms with van der Waals surface area (Å²) in [5.41, 5.74) is 0.290. The molecule has 1 amide bonds. The molecule has 0 fully saturated rings. The third-order valence-electron chi connectivity index (χ3n) is 2.38. The van der Waals surface area contributed by atoms with Crippen molar-refractivity contribution in [1.82, 2.24) is 15.5 Å². The van der Waals surface area contributed by atoms with Crippen molar-refractivity contribution in [2.75, 3.05) is 6.54 Å². The van der Waals surface area contributed by atoms with Crippen LogP contribution < -0.4 is 10.1 Å². The van der Waals surface area contributed by atoms with Crippen LogP contribution in [0.15, 0.2) is 41.4 Å². The van der Waals surface area contributed by atoms with Gasteiger partial charge in [-0.25, -0.2) is 4.79 Å². The summed E-state index contributed by atoms with van der Waals surface area (Å²) in [6, 6.07) is 5.60. The number of amides is 1. The van der Waals surface area contributed by atoms with E-state index in [0.717, 1.165) is 0 Å². The molecule has 2 aromatic rings. The number of halogens is 3. The van der Waals surface area contributed by atoms with Crippen LogP contribution in [0.2, 0.25) is 0 Å². The van der Waals surface area contributed by atoms with Crippen LogP contribution in [0.1, 0.15) is 5.89 Å². The predicted octanol–water partition coefficient (Wildman–Crippen LogP) is 3.03. The lowest BCUT2D eigenvalue weighted by molar-refractivity contribution is -0.159. The maximum absolute atomic E-state index is 12.4. The van der Waals surface area contributed by atoms with Crippen molar-refractivity contribution < 1.29 is 27.2 Å². The quantitative estimate of drug-likeness (QED) is 0.878. The molecule has 0 saturated carbocycles. The lowest BCUT2D eigenvalue weighted by atomic mass is 10.2. The van der Waals surface area contributed by atoms with Crippen molar-refractivity contribution in [3.8, 4) is 17.1 Å². The minimum absolute atomic E-state index is 0.213. The average Bonchev–Trinajstić information content (AvgIpc) is 2.96. The first-order chi connectivity index (χ1) is 10.4. The first kappa shape index (κ1) is 15.5. The lowest BCUT2D eigenvalue weighted by Gasteiger charge is -2.04. The summed E-state index contributed by atoms with van der Waals surface area (Å²) in [6.45, 7) is 3.68. The number of benzene rings is 1. The smallest absolute Gasteiger partial charge is 0.410 e. The number of hydrogen-bond donors (Lipinski definition) is 1. The largest absolute Gasteiger partial charge is 0.471 e. The minimum atomic E-state index is -4.70. The number of alkyl halides is 3. The van der Waals surface area contributed by atoms with E-state index in [0.29, 0.717) is 0 Å². The number of nitrogens with one attached hydrogen (secondary N) is 1. The van der Waals surface area contributed by atoms with Crippen molar-refractivity contribution in [2.24, 2.45) is 0 Å². The Bertz CT molecular complexity index is 665. The highest BCUT2D eigenvalue weighted by atomic mass is 19.4. The summed E-state index contributed by atoms with van der Waals surface area (Å²) in [5, 5.41) is 5.65. The molecule has 0 spiro atoms. The number of nitrogens with zero attached hydrogens (tertiary/aromatic N) is 2. The normalized spacial score (nSPS) is 11.0. The molecule has 0 saturated heterocycles. The number of ether oxygens (including phenoxy) is 1. The number of rotatable bonds is 4. The van der Waals surface area contributed by atoms with Gasteiger partial charge in [-0.05, 0) is 24.3 Å². The van der Waals surface area contributed by atoms with Gasteiger partial charge in [0.05, 0.1) is 0 Å². The third-order valence-corrected chi connectivity index (χ3v) is 2.38. The molecule has 0 unspecified atom stereocenters. The van der Waals surface area contributed by atoms with Crippen molar-refractivity contribution in [1.29, 1.82) is 0 Å². The van der Waals surface area contributed by atoms with Gasteiger partial charge in [-0.1, -0.05) is 11.2 Å². The lowest BCUT2D eigenvalue weighted by Crippen LogP contribution is -2.26. The van der Waals surface area contributed by atoms with E-state index in [-0.39, 0.29) is 23.7 Å².